The molecule has 1 aliphatic heterocycles. The number of aromatic nitrogens is 1. The average Bonchev–Trinajstić information content (AvgIpc) is 2.48. The van der Waals surface area contributed by atoms with E-state index in [0.29, 0.717) is 0 Å². The predicted octanol–water partition coefficient (Wildman–Crippen LogP) is 3.13. The van der Waals surface area contributed by atoms with E-state index in [-0.39, 0.29) is 12.1 Å². The minimum absolute atomic E-state index is 0.208. The van der Waals surface area contributed by atoms with Crippen molar-refractivity contribution in [3.63, 3.8) is 0 Å². The molecule has 1 N–H and O–H groups in total. The highest BCUT2D eigenvalue weighted by Crippen LogP contribution is 2.26. The first-order valence-electron chi connectivity index (χ1n) is 7.24. The Morgan fingerprint density at radius 1 is 1.43 bits per heavy atom. The van der Waals surface area contributed by atoms with Gasteiger partial charge in [-0.05, 0) is 38.2 Å². The molecular weight excluding hydrogens is 330 g/mol. The van der Waals surface area contributed by atoms with Crippen molar-refractivity contribution in [2.45, 2.75) is 19.1 Å². The summed E-state index contributed by atoms with van der Waals surface area (Å²) in [5, 5.41) is 4.72. The highest BCUT2D eigenvalue weighted by Gasteiger charge is 2.23. The average molecular weight is 350 g/mol. The summed E-state index contributed by atoms with van der Waals surface area (Å²) in [5.41, 5.74) is 2.10. The van der Waals surface area contributed by atoms with Crippen LogP contribution in [0.3, 0.4) is 0 Å². The largest absolute Gasteiger partial charge is 0.379 e. The van der Waals surface area contributed by atoms with Crippen LogP contribution in [0.4, 0.5) is 5.69 Å². The van der Waals surface area contributed by atoms with Gasteiger partial charge in [0.05, 0.1) is 24.3 Å². The van der Waals surface area contributed by atoms with Gasteiger partial charge in [-0.2, -0.15) is 0 Å². The van der Waals surface area contributed by atoms with Crippen LogP contribution in [-0.4, -0.2) is 48.8 Å². The van der Waals surface area contributed by atoms with Crippen molar-refractivity contribution in [1.29, 1.82) is 0 Å². The number of benzene rings is 1. The van der Waals surface area contributed by atoms with E-state index in [2.05, 4.69) is 51.2 Å². The first-order valence-corrected chi connectivity index (χ1v) is 8.04. The summed E-state index contributed by atoms with van der Waals surface area (Å²) in [6.45, 7) is 4.94. The number of rotatable bonds is 3. The van der Waals surface area contributed by atoms with Crippen LogP contribution in [0.15, 0.2) is 34.9 Å². The number of hydrogen-bond acceptors (Lipinski definition) is 4. The minimum atomic E-state index is 0.208. The molecule has 21 heavy (non-hydrogen) atoms. The van der Waals surface area contributed by atoms with Crippen LogP contribution >= 0.6 is 15.9 Å². The van der Waals surface area contributed by atoms with E-state index in [0.717, 1.165) is 40.8 Å². The maximum Gasteiger partial charge on any atom is 0.0900 e. The van der Waals surface area contributed by atoms with Gasteiger partial charge in [0.15, 0.2) is 0 Å². The standard InChI is InChI=1S/C16H20BrN3O/c1-11(16-10-20(2)7-8-21-16)19-15-5-6-18-14-4-3-12(17)9-13(14)15/h3-6,9,11,16H,7-8,10H2,1-2H3,(H,18,19). The topological polar surface area (TPSA) is 37.4 Å². The molecule has 0 radical (unpaired) electrons. The molecule has 112 valence electrons. The van der Waals surface area contributed by atoms with Crippen LogP contribution in [0, 0.1) is 0 Å². The number of hydrogen-bond donors (Lipinski definition) is 1. The molecule has 2 heterocycles. The number of likely N-dealkylation sites (N-methyl/N-ethyl adjacent to an activating group) is 1. The molecule has 2 aromatic rings. The highest BCUT2D eigenvalue weighted by molar-refractivity contribution is 9.10. The molecule has 1 aromatic carbocycles. The van der Waals surface area contributed by atoms with Gasteiger partial charge in [0.25, 0.3) is 0 Å². The first kappa shape index (κ1) is 14.8. The maximum atomic E-state index is 5.89. The number of nitrogens with one attached hydrogen (secondary N) is 1. The van der Waals surface area contributed by atoms with Crippen LogP contribution in [0.25, 0.3) is 10.9 Å². The molecule has 1 aromatic heterocycles. The van der Waals surface area contributed by atoms with E-state index >= 15 is 0 Å². The smallest absolute Gasteiger partial charge is 0.0900 e. The first-order chi connectivity index (χ1) is 10.1. The number of nitrogens with zero attached hydrogens (tertiary/aromatic N) is 2. The Kier molecular flexibility index (Phi) is 4.42. The molecule has 0 saturated carbocycles. The molecule has 5 heteroatoms. The Labute approximate surface area is 133 Å². The lowest BCUT2D eigenvalue weighted by molar-refractivity contribution is -0.0259. The molecule has 0 spiro atoms. The summed E-state index contributed by atoms with van der Waals surface area (Å²) in [7, 11) is 2.14. The van der Waals surface area contributed by atoms with Crippen molar-refractivity contribution in [3.8, 4) is 0 Å². The second kappa shape index (κ2) is 6.30. The number of anilines is 1. The van der Waals surface area contributed by atoms with Crippen molar-refractivity contribution >= 4 is 32.5 Å². The lowest BCUT2D eigenvalue weighted by atomic mass is 10.1. The van der Waals surface area contributed by atoms with Crippen LogP contribution in [0.1, 0.15) is 6.92 Å². The van der Waals surface area contributed by atoms with Crippen molar-refractivity contribution in [3.05, 3.63) is 34.9 Å². The van der Waals surface area contributed by atoms with E-state index < -0.39 is 0 Å². The Balaban J connectivity index is 1.82. The van der Waals surface area contributed by atoms with Crippen molar-refractivity contribution in [1.82, 2.24) is 9.88 Å². The lowest BCUT2D eigenvalue weighted by Crippen LogP contribution is -2.47. The summed E-state index contributed by atoms with van der Waals surface area (Å²) in [5.74, 6) is 0. The van der Waals surface area contributed by atoms with Crippen LogP contribution in [0.5, 0.6) is 0 Å². The number of morpholine rings is 1. The molecule has 3 rings (SSSR count). The molecular formula is C16H20BrN3O. The van der Waals surface area contributed by atoms with E-state index in [1.807, 2.05) is 24.4 Å². The lowest BCUT2D eigenvalue weighted by Gasteiger charge is -2.34. The summed E-state index contributed by atoms with van der Waals surface area (Å²) in [6.07, 6.45) is 2.05. The van der Waals surface area contributed by atoms with Gasteiger partial charge in [0, 0.05) is 34.8 Å². The van der Waals surface area contributed by atoms with E-state index in [4.69, 9.17) is 4.74 Å². The van der Waals surface area contributed by atoms with Gasteiger partial charge in [-0.3, -0.25) is 4.98 Å². The molecule has 2 unspecified atom stereocenters. The molecule has 1 saturated heterocycles. The third-order valence-electron chi connectivity index (χ3n) is 3.94. The molecule has 1 aliphatic rings. The van der Waals surface area contributed by atoms with E-state index in [1.165, 1.54) is 0 Å². The SMILES string of the molecule is CC(Nc1ccnc2ccc(Br)cc12)C1CN(C)CCO1. The molecule has 4 nitrogen and oxygen atoms in total. The number of fused-ring (bicyclic) bond motifs is 1. The van der Waals surface area contributed by atoms with E-state index in [9.17, 15) is 0 Å². The molecule has 2 atom stereocenters. The number of pyridine rings is 1. The Bertz CT molecular complexity index is 634. The van der Waals surface area contributed by atoms with Gasteiger partial charge in [0.2, 0.25) is 0 Å². The van der Waals surface area contributed by atoms with Crippen LogP contribution in [-0.2, 0) is 4.74 Å². The molecule has 0 amide bonds. The van der Waals surface area contributed by atoms with Gasteiger partial charge in [-0.1, -0.05) is 15.9 Å². The highest BCUT2D eigenvalue weighted by atomic mass is 79.9. The summed E-state index contributed by atoms with van der Waals surface area (Å²) >= 11 is 3.53. The van der Waals surface area contributed by atoms with Gasteiger partial charge in [0.1, 0.15) is 0 Å². The Morgan fingerprint density at radius 3 is 3.10 bits per heavy atom. The third-order valence-corrected chi connectivity index (χ3v) is 4.43. The Hall–Kier alpha value is -1.17. The monoisotopic (exact) mass is 349 g/mol. The normalized spacial score (nSPS) is 21.4. The van der Waals surface area contributed by atoms with Crippen LogP contribution in [0.2, 0.25) is 0 Å². The maximum absolute atomic E-state index is 5.89. The van der Waals surface area contributed by atoms with Crippen molar-refractivity contribution in [2.75, 3.05) is 32.1 Å². The second-order valence-electron chi connectivity index (χ2n) is 5.62. The predicted molar refractivity (Wildman–Crippen MR) is 89.8 cm³/mol. The van der Waals surface area contributed by atoms with Crippen molar-refractivity contribution < 1.29 is 4.74 Å². The van der Waals surface area contributed by atoms with Gasteiger partial charge >= 0.3 is 0 Å². The Morgan fingerprint density at radius 2 is 2.29 bits per heavy atom. The van der Waals surface area contributed by atoms with Gasteiger partial charge < -0.3 is 15.0 Å². The zero-order chi connectivity index (χ0) is 14.8. The van der Waals surface area contributed by atoms with Crippen LogP contribution < -0.4 is 5.32 Å². The molecule has 0 aliphatic carbocycles. The van der Waals surface area contributed by atoms with Gasteiger partial charge in [-0.15, -0.1) is 0 Å². The minimum Gasteiger partial charge on any atom is -0.379 e. The fraction of sp³-hybridized carbons (Fsp3) is 0.438. The number of ether oxygens (including phenoxy) is 1. The molecule has 0 bridgehead atoms. The number of halogens is 1. The quantitative estimate of drug-likeness (QED) is 0.923. The second-order valence-corrected chi connectivity index (χ2v) is 6.54. The fourth-order valence-corrected chi connectivity index (χ4v) is 3.06. The summed E-state index contributed by atoms with van der Waals surface area (Å²) in [6, 6.07) is 8.42. The fourth-order valence-electron chi connectivity index (χ4n) is 2.70. The van der Waals surface area contributed by atoms with Crippen molar-refractivity contribution in [2.24, 2.45) is 0 Å². The van der Waals surface area contributed by atoms with Gasteiger partial charge in [-0.25, -0.2) is 0 Å². The zero-order valence-electron chi connectivity index (χ0n) is 12.3. The summed E-state index contributed by atoms with van der Waals surface area (Å²) in [4.78, 5) is 6.73. The summed E-state index contributed by atoms with van der Waals surface area (Å²) < 4.78 is 6.95. The zero-order valence-corrected chi connectivity index (χ0v) is 13.9. The molecule has 1 fully saturated rings. The van der Waals surface area contributed by atoms with E-state index in [1.54, 1.807) is 0 Å². The third kappa shape index (κ3) is 3.36.